The molecule has 0 saturated carbocycles. The summed E-state index contributed by atoms with van der Waals surface area (Å²) in [5.74, 6) is 0.735. The standard InChI is InChI=1S/C17H23N3O2/c1-17(2,3)11-15(13-5-4-9-18-12-13)20-16(21)7-6-14-8-10-19-22-14/h4-5,8-10,12,15H,6-7,11H2,1-3H3,(H,20,21)/t15-/m0/s1. The van der Waals surface area contributed by atoms with Crippen molar-refractivity contribution >= 4 is 5.91 Å². The average molecular weight is 301 g/mol. The molecule has 0 radical (unpaired) electrons. The molecule has 22 heavy (non-hydrogen) atoms. The maximum Gasteiger partial charge on any atom is 0.220 e. The van der Waals surface area contributed by atoms with Crippen molar-refractivity contribution in [1.82, 2.24) is 15.5 Å². The fraction of sp³-hybridized carbons (Fsp3) is 0.471. The van der Waals surface area contributed by atoms with Crippen LogP contribution in [0.4, 0.5) is 0 Å². The molecule has 5 nitrogen and oxygen atoms in total. The van der Waals surface area contributed by atoms with Crippen molar-refractivity contribution in [1.29, 1.82) is 0 Å². The van der Waals surface area contributed by atoms with Crippen molar-refractivity contribution in [3.8, 4) is 0 Å². The Labute approximate surface area is 131 Å². The maximum atomic E-state index is 12.2. The second-order valence-corrected chi connectivity index (χ2v) is 6.65. The summed E-state index contributed by atoms with van der Waals surface area (Å²) in [6.45, 7) is 6.49. The molecule has 0 fully saturated rings. The minimum Gasteiger partial charge on any atom is -0.361 e. The van der Waals surface area contributed by atoms with Crippen LogP contribution in [0.5, 0.6) is 0 Å². The van der Waals surface area contributed by atoms with Gasteiger partial charge in [0, 0.05) is 31.3 Å². The molecule has 1 amide bonds. The number of rotatable bonds is 6. The molecule has 1 N–H and O–H groups in total. The van der Waals surface area contributed by atoms with E-state index in [2.05, 4.69) is 36.2 Å². The third-order valence-corrected chi connectivity index (χ3v) is 3.33. The van der Waals surface area contributed by atoms with E-state index in [9.17, 15) is 4.79 Å². The molecule has 5 heteroatoms. The highest BCUT2D eigenvalue weighted by atomic mass is 16.5. The normalized spacial score (nSPS) is 12.9. The van der Waals surface area contributed by atoms with Gasteiger partial charge in [0.25, 0.3) is 0 Å². The van der Waals surface area contributed by atoms with Gasteiger partial charge in [0.15, 0.2) is 0 Å². The van der Waals surface area contributed by atoms with E-state index in [1.807, 2.05) is 18.3 Å². The smallest absolute Gasteiger partial charge is 0.220 e. The Kier molecular flexibility index (Phi) is 5.31. The van der Waals surface area contributed by atoms with Crippen LogP contribution in [0.15, 0.2) is 41.3 Å². The minimum absolute atomic E-state index is 0.00880. The molecule has 0 unspecified atom stereocenters. The van der Waals surface area contributed by atoms with E-state index in [1.54, 1.807) is 18.5 Å². The van der Waals surface area contributed by atoms with E-state index in [0.717, 1.165) is 17.7 Å². The number of pyridine rings is 1. The lowest BCUT2D eigenvalue weighted by Crippen LogP contribution is -2.31. The van der Waals surface area contributed by atoms with Gasteiger partial charge in [0.05, 0.1) is 12.2 Å². The van der Waals surface area contributed by atoms with Crippen molar-refractivity contribution < 1.29 is 9.32 Å². The maximum absolute atomic E-state index is 12.2. The highest BCUT2D eigenvalue weighted by molar-refractivity contribution is 5.76. The number of carbonyl (C=O) groups excluding carboxylic acids is 1. The van der Waals surface area contributed by atoms with Crippen molar-refractivity contribution in [2.24, 2.45) is 5.41 Å². The molecule has 0 saturated heterocycles. The lowest BCUT2D eigenvalue weighted by Gasteiger charge is -2.27. The molecule has 2 rings (SSSR count). The first-order valence-electron chi connectivity index (χ1n) is 7.53. The molecule has 0 aliphatic heterocycles. The zero-order valence-corrected chi connectivity index (χ0v) is 13.4. The van der Waals surface area contributed by atoms with Gasteiger partial charge in [-0.2, -0.15) is 0 Å². The van der Waals surface area contributed by atoms with E-state index in [-0.39, 0.29) is 17.4 Å². The highest BCUT2D eigenvalue weighted by Crippen LogP contribution is 2.29. The van der Waals surface area contributed by atoms with E-state index >= 15 is 0 Å². The average Bonchev–Trinajstić information content (AvgIpc) is 2.97. The van der Waals surface area contributed by atoms with Crippen LogP contribution in [0.1, 0.15) is 51.0 Å². The Bertz CT molecular complexity index is 574. The van der Waals surface area contributed by atoms with Crippen LogP contribution in [-0.4, -0.2) is 16.0 Å². The number of hydrogen-bond donors (Lipinski definition) is 1. The van der Waals surface area contributed by atoms with Gasteiger partial charge >= 0.3 is 0 Å². The Balaban J connectivity index is 1.98. The second-order valence-electron chi connectivity index (χ2n) is 6.65. The first-order valence-corrected chi connectivity index (χ1v) is 7.53. The van der Waals surface area contributed by atoms with Crippen molar-refractivity contribution in [2.75, 3.05) is 0 Å². The number of aryl methyl sites for hydroxylation is 1. The summed E-state index contributed by atoms with van der Waals surface area (Å²) in [5, 5.41) is 6.75. The number of aromatic nitrogens is 2. The first kappa shape index (κ1) is 16.2. The molecule has 0 aliphatic carbocycles. The molecule has 0 aromatic carbocycles. The molecular formula is C17H23N3O2. The third-order valence-electron chi connectivity index (χ3n) is 3.33. The van der Waals surface area contributed by atoms with Gasteiger partial charge in [-0.1, -0.05) is 32.0 Å². The van der Waals surface area contributed by atoms with E-state index in [0.29, 0.717) is 12.8 Å². The van der Waals surface area contributed by atoms with Crippen LogP contribution in [-0.2, 0) is 11.2 Å². The number of nitrogens with one attached hydrogen (secondary N) is 1. The summed E-state index contributed by atoms with van der Waals surface area (Å²) in [7, 11) is 0. The topological polar surface area (TPSA) is 68.0 Å². The van der Waals surface area contributed by atoms with Crippen molar-refractivity contribution in [2.45, 2.75) is 46.1 Å². The predicted octanol–water partition coefficient (Wildman–Crippen LogP) is 3.30. The summed E-state index contributed by atoms with van der Waals surface area (Å²) >= 11 is 0. The minimum atomic E-state index is -0.0315. The lowest BCUT2D eigenvalue weighted by molar-refractivity contribution is -0.122. The molecule has 2 aromatic heterocycles. The summed E-state index contributed by atoms with van der Waals surface area (Å²) < 4.78 is 5.01. The van der Waals surface area contributed by atoms with Gasteiger partial charge in [0.1, 0.15) is 5.76 Å². The number of nitrogens with zero attached hydrogens (tertiary/aromatic N) is 2. The zero-order valence-electron chi connectivity index (χ0n) is 13.4. The summed E-state index contributed by atoms with van der Waals surface area (Å²) in [6.07, 6.45) is 6.94. The predicted molar refractivity (Wildman–Crippen MR) is 84.0 cm³/mol. The summed E-state index contributed by atoms with van der Waals surface area (Å²) in [6, 6.07) is 5.64. The Morgan fingerprint density at radius 2 is 2.14 bits per heavy atom. The van der Waals surface area contributed by atoms with Crippen molar-refractivity contribution in [3.05, 3.63) is 48.1 Å². The van der Waals surface area contributed by atoms with Crippen LogP contribution in [0.3, 0.4) is 0 Å². The zero-order chi connectivity index (χ0) is 16.0. The fourth-order valence-electron chi connectivity index (χ4n) is 2.32. The number of amides is 1. The molecule has 0 aliphatic rings. The van der Waals surface area contributed by atoms with Crippen LogP contribution in [0, 0.1) is 5.41 Å². The van der Waals surface area contributed by atoms with E-state index in [1.165, 1.54) is 0 Å². The molecule has 0 bridgehead atoms. The van der Waals surface area contributed by atoms with Gasteiger partial charge < -0.3 is 9.84 Å². The van der Waals surface area contributed by atoms with Crippen LogP contribution >= 0.6 is 0 Å². The fourth-order valence-corrected chi connectivity index (χ4v) is 2.32. The lowest BCUT2D eigenvalue weighted by atomic mass is 9.85. The van der Waals surface area contributed by atoms with Gasteiger partial charge in [-0.25, -0.2) is 0 Å². The molecule has 0 spiro atoms. The van der Waals surface area contributed by atoms with E-state index in [4.69, 9.17) is 4.52 Å². The van der Waals surface area contributed by atoms with Gasteiger partial charge in [-0.3, -0.25) is 9.78 Å². The van der Waals surface area contributed by atoms with Crippen LogP contribution in [0.25, 0.3) is 0 Å². The second kappa shape index (κ2) is 7.20. The van der Waals surface area contributed by atoms with Crippen LogP contribution < -0.4 is 5.32 Å². The molecule has 118 valence electrons. The van der Waals surface area contributed by atoms with Gasteiger partial charge in [-0.15, -0.1) is 0 Å². The quantitative estimate of drug-likeness (QED) is 0.889. The van der Waals surface area contributed by atoms with Gasteiger partial charge in [-0.05, 0) is 23.5 Å². The number of carbonyl (C=O) groups is 1. The number of hydrogen-bond acceptors (Lipinski definition) is 4. The first-order chi connectivity index (χ1) is 10.4. The summed E-state index contributed by atoms with van der Waals surface area (Å²) in [4.78, 5) is 16.4. The van der Waals surface area contributed by atoms with E-state index < -0.39 is 0 Å². The largest absolute Gasteiger partial charge is 0.361 e. The molecular weight excluding hydrogens is 278 g/mol. The third kappa shape index (κ3) is 5.31. The molecule has 2 aromatic rings. The molecule has 1 atom stereocenters. The Morgan fingerprint density at radius 3 is 2.73 bits per heavy atom. The van der Waals surface area contributed by atoms with Crippen molar-refractivity contribution in [3.63, 3.8) is 0 Å². The summed E-state index contributed by atoms with van der Waals surface area (Å²) in [5.41, 5.74) is 1.14. The Morgan fingerprint density at radius 1 is 1.32 bits per heavy atom. The molecule has 2 heterocycles. The Hall–Kier alpha value is -2.17. The van der Waals surface area contributed by atoms with Gasteiger partial charge in [0.2, 0.25) is 5.91 Å². The van der Waals surface area contributed by atoms with Crippen LogP contribution in [0.2, 0.25) is 0 Å². The SMILES string of the molecule is CC(C)(C)C[C@H](NC(=O)CCc1ccno1)c1cccnc1. The monoisotopic (exact) mass is 301 g/mol. The highest BCUT2D eigenvalue weighted by Gasteiger charge is 2.22.